The average molecular weight is 266 g/mol. The number of benzene rings is 1. The molecule has 18 heavy (non-hydrogen) atoms. The van der Waals surface area contributed by atoms with Crippen molar-refractivity contribution in [3.05, 3.63) is 34.0 Å². The monoisotopic (exact) mass is 265 g/mol. The average Bonchev–Trinajstić information content (AvgIpc) is 2.53. The fourth-order valence-corrected chi connectivity index (χ4v) is 2.28. The molecule has 0 bridgehead atoms. The third-order valence-electron chi connectivity index (χ3n) is 3.07. The lowest BCUT2D eigenvalue weighted by molar-refractivity contribution is 0.394. The van der Waals surface area contributed by atoms with Crippen LogP contribution in [0.4, 0.5) is 0 Å². The number of nitrogens with one attached hydrogen (secondary N) is 1. The Balaban J connectivity index is 2.41. The first-order valence-corrected chi connectivity index (χ1v) is 6.59. The summed E-state index contributed by atoms with van der Waals surface area (Å²) in [5, 5.41) is 5.33. The summed E-state index contributed by atoms with van der Waals surface area (Å²) in [7, 11) is 0. The van der Waals surface area contributed by atoms with Crippen molar-refractivity contribution >= 4 is 22.6 Å². The zero-order valence-corrected chi connectivity index (χ0v) is 12.4. The van der Waals surface area contributed by atoms with Gasteiger partial charge in [0.05, 0.1) is 6.54 Å². The van der Waals surface area contributed by atoms with E-state index in [0.29, 0.717) is 0 Å². The van der Waals surface area contributed by atoms with Crippen molar-refractivity contribution in [3.63, 3.8) is 0 Å². The summed E-state index contributed by atoms with van der Waals surface area (Å²) in [5.74, 6) is 0.991. The van der Waals surface area contributed by atoms with Crippen molar-refractivity contribution in [2.24, 2.45) is 0 Å². The Morgan fingerprint density at radius 2 is 1.89 bits per heavy atom. The van der Waals surface area contributed by atoms with Crippen LogP contribution in [0.5, 0.6) is 0 Å². The van der Waals surface area contributed by atoms with Gasteiger partial charge in [-0.15, -0.1) is 0 Å². The maximum atomic E-state index is 6.10. The lowest BCUT2D eigenvalue weighted by Gasteiger charge is -2.19. The largest absolute Gasteiger partial charge is 0.459 e. The second-order valence-electron chi connectivity index (χ2n) is 5.85. The van der Waals surface area contributed by atoms with Gasteiger partial charge in [-0.3, -0.25) is 0 Å². The molecule has 1 N–H and O–H groups in total. The Morgan fingerprint density at radius 3 is 2.50 bits per heavy atom. The minimum atomic E-state index is 0.0815. The van der Waals surface area contributed by atoms with Crippen molar-refractivity contribution in [1.29, 1.82) is 0 Å². The Hall–Kier alpha value is -0.990. The standard InChI is InChI=1S/C15H20ClNO/c1-9-6-11(16)7-12-10(2)13(18-14(9)12)8-17-15(3,4)5/h6-7,17H,8H2,1-5H3. The molecule has 0 aliphatic heterocycles. The number of aryl methyl sites for hydroxylation is 2. The molecule has 0 aliphatic carbocycles. The van der Waals surface area contributed by atoms with Gasteiger partial charge >= 0.3 is 0 Å². The third kappa shape index (κ3) is 2.70. The van der Waals surface area contributed by atoms with E-state index in [1.807, 2.05) is 19.1 Å². The molecule has 0 fully saturated rings. The topological polar surface area (TPSA) is 25.2 Å². The number of rotatable bonds is 2. The van der Waals surface area contributed by atoms with Crippen molar-refractivity contribution in [2.75, 3.05) is 0 Å². The van der Waals surface area contributed by atoms with Crippen LogP contribution in [0.3, 0.4) is 0 Å². The van der Waals surface area contributed by atoms with Crippen molar-refractivity contribution in [1.82, 2.24) is 5.32 Å². The van der Waals surface area contributed by atoms with E-state index in [4.69, 9.17) is 16.0 Å². The van der Waals surface area contributed by atoms with Gasteiger partial charge in [-0.1, -0.05) is 11.6 Å². The fourth-order valence-electron chi connectivity index (χ4n) is 2.01. The van der Waals surface area contributed by atoms with Gasteiger partial charge in [-0.2, -0.15) is 0 Å². The van der Waals surface area contributed by atoms with E-state index >= 15 is 0 Å². The third-order valence-corrected chi connectivity index (χ3v) is 3.28. The van der Waals surface area contributed by atoms with Crippen LogP contribution in [0.2, 0.25) is 5.02 Å². The van der Waals surface area contributed by atoms with Crippen LogP contribution in [-0.2, 0) is 6.54 Å². The van der Waals surface area contributed by atoms with Gasteiger partial charge in [0.25, 0.3) is 0 Å². The van der Waals surface area contributed by atoms with Gasteiger partial charge in [0.2, 0.25) is 0 Å². The summed E-state index contributed by atoms with van der Waals surface area (Å²) in [4.78, 5) is 0. The van der Waals surface area contributed by atoms with Crippen LogP contribution in [-0.4, -0.2) is 5.54 Å². The van der Waals surface area contributed by atoms with Gasteiger partial charge < -0.3 is 9.73 Å². The van der Waals surface area contributed by atoms with E-state index < -0.39 is 0 Å². The molecule has 0 radical (unpaired) electrons. The van der Waals surface area contributed by atoms with Crippen LogP contribution < -0.4 is 5.32 Å². The molecule has 1 aromatic carbocycles. The van der Waals surface area contributed by atoms with Crippen LogP contribution in [0.25, 0.3) is 11.0 Å². The second-order valence-corrected chi connectivity index (χ2v) is 6.29. The van der Waals surface area contributed by atoms with E-state index in [0.717, 1.165) is 33.9 Å². The van der Waals surface area contributed by atoms with Gasteiger partial charge in [0.15, 0.2) is 0 Å². The lowest BCUT2D eigenvalue weighted by Crippen LogP contribution is -2.35. The number of hydrogen-bond acceptors (Lipinski definition) is 2. The molecule has 2 nitrogen and oxygen atoms in total. The first-order valence-electron chi connectivity index (χ1n) is 6.21. The number of fused-ring (bicyclic) bond motifs is 1. The number of hydrogen-bond donors (Lipinski definition) is 1. The minimum Gasteiger partial charge on any atom is -0.459 e. The van der Waals surface area contributed by atoms with Crippen LogP contribution >= 0.6 is 11.6 Å². The molecular formula is C15H20ClNO. The van der Waals surface area contributed by atoms with Gasteiger partial charge in [-0.05, 0) is 57.9 Å². The van der Waals surface area contributed by atoms with E-state index in [1.165, 1.54) is 5.56 Å². The molecule has 1 heterocycles. The summed E-state index contributed by atoms with van der Waals surface area (Å²) < 4.78 is 5.96. The highest BCUT2D eigenvalue weighted by Gasteiger charge is 2.15. The molecular weight excluding hydrogens is 246 g/mol. The fraction of sp³-hybridized carbons (Fsp3) is 0.467. The summed E-state index contributed by atoms with van der Waals surface area (Å²) in [6.45, 7) is 11.3. The highest BCUT2D eigenvalue weighted by Crippen LogP contribution is 2.30. The molecule has 3 heteroatoms. The van der Waals surface area contributed by atoms with Crippen molar-refractivity contribution in [3.8, 4) is 0 Å². The Bertz CT molecular complexity index is 578. The predicted molar refractivity (Wildman–Crippen MR) is 77.3 cm³/mol. The van der Waals surface area contributed by atoms with Gasteiger partial charge in [0.1, 0.15) is 11.3 Å². The maximum Gasteiger partial charge on any atom is 0.137 e. The molecule has 98 valence electrons. The van der Waals surface area contributed by atoms with E-state index in [2.05, 4.69) is 33.0 Å². The zero-order valence-electron chi connectivity index (χ0n) is 11.6. The molecule has 2 rings (SSSR count). The summed E-state index contributed by atoms with van der Waals surface area (Å²) >= 11 is 6.10. The van der Waals surface area contributed by atoms with E-state index in [1.54, 1.807) is 0 Å². The van der Waals surface area contributed by atoms with Crippen molar-refractivity contribution < 1.29 is 4.42 Å². The zero-order chi connectivity index (χ0) is 13.5. The molecule has 0 unspecified atom stereocenters. The minimum absolute atomic E-state index is 0.0815. The predicted octanol–water partition coefficient (Wildman–Crippen LogP) is 4.59. The molecule has 0 saturated carbocycles. The quantitative estimate of drug-likeness (QED) is 0.859. The molecule has 0 amide bonds. The number of halogens is 1. The first-order chi connectivity index (χ1) is 8.28. The van der Waals surface area contributed by atoms with Gasteiger partial charge in [-0.25, -0.2) is 0 Å². The Kier molecular flexibility index (Phi) is 3.43. The van der Waals surface area contributed by atoms with E-state index in [9.17, 15) is 0 Å². The SMILES string of the molecule is Cc1c(CNC(C)(C)C)oc2c(C)cc(Cl)cc12. The van der Waals surface area contributed by atoms with Crippen LogP contribution in [0.15, 0.2) is 16.5 Å². The lowest BCUT2D eigenvalue weighted by atomic mass is 10.1. The highest BCUT2D eigenvalue weighted by atomic mass is 35.5. The smallest absolute Gasteiger partial charge is 0.137 e. The Morgan fingerprint density at radius 1 is 1.22 bits per heavy atom. The maximum absolute atomic E-state index is 6.10. The number of furan rings is 1. The van der Waals surface area contributed by atoms with Gasteiger partial charge in [0, 0.05) is 15.9 Å². The molecule has 0 aliphatic rings. The van der Waals surface area contributed by atoms with E-state index in [-0.39, 0.29) is 5.54 Å². The molecule has 1 aromatic heterocycles. The molecule has 0 atom stereocenters. The first kappa shape index (κ1) is 13.4. The Labute approximate surface area is 113 Å². The molecule has 0 saturated heterocycles. The normalized spacial score (nSPS) is 12.3. The highest BCUT2D eigenvalue weighted by molar-refractivity contribution is 6.31. The second kappa shape index (κ2) is 4.60. The summed E-state index contributed by atoms with van der Waals surface area (Å²) in [5.41, 5.74) is 3.29. The molecule has 2 aromatic rings. The van der Waals surface area contributed by atoms with Crippen LogP contribution in [0.1, 0.15) is 37.7 Å². The molecule has 0 spiro atoms. The van der Waals surface area contributed by atoms with Crippen molar-refractivity contribution in [2.45, 2.75) is 46.7 Å². The summed E-state index contributed by atoms with van der Waals surface area (Å²) in [6, 6.07) is 3.91. The van der Waals surface area contributed by atoms with Crippen LogP contribution in [0, 0.1) is 13.8 Å². The summed E-state index contributed by atoms with van der Waals surface area (Å²) in [6.07, 6.45) is 0.